The first-order valence-corrected chi connectivity index (χ1v) is 51.4. The largest absolute Gasteiger partial charge is 0.477 e. The summed E-state index contributed by atoms with van der Waals surface area (Å²) in [7, 11) is 0. The second-order valence-corrected chi connectivity index (χ2v) is 38.8. The van der Waals surface area contributed by atoms with Crippen LogP contribution in [-0.4, -0.2) is 449 Å². The number of allylic oxidation sites excluding steroid dienone is 3. The lowest BCUT2D eigenvalue weighted by atomic mass is 9.88. The highest BCUT2D eigenvalue weighted by Crippen LogP contribution is 2.43. The van der Waals surface area contributed by atoms with Crippen LogP contribution in [0.4, 0.5) is 0 Å². The van der Waals surface area contributed by atoms with Crippen molar-refractivity contribution >= 4 is 35.6 Å². The molecule has 7 rings (SSSR count). The Labute approximate surface area is 839 Å². The number of hydrogen-bond donors (Lipinski definition) is 28. The van der Waals surface area contributed by atoms with Gasteiger partial charge in [0.25, 0.3) is 11.6 Å². The molecule has 144 heavy (non-hydrogen) atoms. The molecule has 0 bridgehead atoms. The van der Waals surface area contributed by atoms with Crippen molar-refractivity contribution in [2.75, 3.05) is 52.9 Å². The zero-order valence-electron chi connectivity index (χ0n) is 83.3. The van der Waals surface area contributed by atoms with Crippen LogP contribution in [0.2, 0.25) is 0 Å². The molecule has 7 aliphatic heterocycles. The molecule has 28 N–H and O–H groups in total. The number of carbonyl (C=O) groups excluding carboxylic acids is 4. The third-order valence-electron chi connectivity index (χ3n) is 27.3. The fraction of sp³-hybridized carbons (Fsp3) is 0.896. The third kappa shape index (κ3) is 37.1. The molecule has 0 spiro atoms. The van der Waals surface area contributed by atoms with E-state index in [0.717, 1.165) is 97.8 Å². The highest BCUT2D eigenvalue weighted by atomic mass is 16.8. The number of aliphatic hydroxyl groups is 22. The van der Waals surface area contributed by atoms with Gasteiger partial charge in [-0.2, -0.15) is 0 Å². The van der Waals surface area contributed by atoms with Gasteiger partial charge in [0, 0.05) is 40.0 Å². The van der Waals surface area contributed by atoms with Gasteiger partial charge in [-0.1, -0.05) is 192 Å². The third-order valence-corrected chi connectivity index (χ3v) is 27.3. The Balaban J connectivity index is 1.08. The molecule has 0 aromatic carbocycles. The van der Waals surface area contributed by atoms with E-state index in [9.17, 15) is 151 Å². The fourth-order valence-electron chi connectivity index (χ4n) is 19.0. The van der Waals surface area contributed by atoms with E-state index < -0.39 is 333 Å². The molecular weight excluding hydrogens is 1910 g/mol. The number of nitrogens with one attached hydrogen (secondary N) is 4. The molecular formula is C96H168N4O44. The number of hydrogen-bond acceptors (Lipinski definition) is 42. The molecule has 0 aliphatic carbocycles. The molecule has 4 amide bonds. The Hall–Kier alpha value is -5.14. The normalized spacial score (nSPS) is 35.7. The first kappa shape index (κ1) is 126. The van der Waals surface area contributed by atoms with E-state index in [0.29, 0.717) is 12.8 Å². The van der Waals surface area contributed by atoms with Gasteiger partial charge < -0.3 is 210 Å². The summed E-state index contributed by atoms with van der Waals surface area (Å²) in [6.45, 7) is -1.99. The average Bonchev–Trinajstić information content (AvgIpc) is 0.755. The molecule has 39 atom stereocenters. The van der Waals surface area contributed by atoms with Crippen molar-refractivity contribution in [1.29, 1.82) is 0 Å². The highest BCUT2D eigenvalue weighted by Gasteiger charge is 2.64. The molecule has 14 unspecified atom stereocenters. The Kier molecular flexibility index (Phi) is 56.5. The van der Waals surface area contributed by atoms with Crippen LogP contribution in [0, 0.1) is 0 Å². The van der Waals surface area contributed by atoms with E-state index >= 15 is 0 Å². The molecule has 0 aromatic rings. The summed E-state index contributed by atoms with van der Waals surface area (Å²) in [5.41, 5.74) is 0. The summed E-state index contributed by atoms with van der Waals surface area (Å²) in [6.07, 6.45) is -33.0. The Morgan fingerprint density at radius 2 is 0.722 bits per heavy atom. The molecule has 7 fully saturated rings. The van der Waals surface area contributed by atoms with Gasteiger partial charge in [0.05, 0.1) is 89.3 Å². The summed E-state index contributed by atoms with van der Waals surface area (Å²) in [4.78, 5) is 79.2. The second kappa shape index (κ2) is 64.6. The molecule has 7 heterocycles. The number of carbonyl (C=O) groups is 6. The van der Waals surface area contributed by atoms with Crippen LogP contribution in [0.3, 0.4) is 0 Å². The van der Waals surface area contributed by atoms with Gasteiger partial charge in [0.15, 0.2) is 31.5 Å². The van der Waals surface area contributed by atoms with Gasteiger partial charge >= 0.3 is 11.9 Å². The molecule has 48 nitrogen and oxygen atoms in total. The van der Waals surface area contributed by atoms with Crippen LogP contribution in [0.15, 0.2) is 24.3 Å². The number of rotatable bonds is 67. The van der Waals surface area contributed by atoms with Crippen molar-refractivity contribution in [1.82, 2.24) is 21.3 Å². The first-order chi connectivity index (χ1) is 68.8. The quantitative estimate of drug-likeness (QED) is 0.0204. The average molecular weight is 2080 g/mol. The summed E-state index contributed by atoms with van der Waals surface area (Å²) in [5, 5.41) is 282. The van der Waals surface area contributed by atoms with Gasteiger partial charge in [-0.3, -0.25) is 19.2 Å². The van der Waals surface area contributed by atoms with Crippen molar-refractivity contribution in [3.8, 4) is 0 Å². The van der Waals surface area contributed by atoms with Gasteiger partial charge in [-0.25, -0.2) is 9.59 Å². The van der Waals surface area contributed by atoms with Crippen molar-refractivity contribution in [3.63, 3.8) is 0 Å². The summed E-state index contributed by atoms with van der Waals surface area (Å²) < 4.78 is 83.3. The topological polar surface area (TPSA) is 765 Å². The number of ether oxygens (including phenoxy) is 14. The van der Waals surface area contributed by atoms with E-state index in [2.05, 4.69) is 47.3 Å². The molecule has 7 aliphatic rings. The minimum Gasteiger partial charge on any atom is -0.477 e. The van der Waals surface area contributed by atoms with E-state index in [4.69, 9.17) is 66.3 Å². The van der Waals surface area contributed by atoms with Gasteiger partial charge in [0.1, 0.15) is 159 Å². The molecule has 0 aromatic heterocycles. The number of aliphatic hydroxyl groups excluding tert-OH is 22. The van der Waals surface area contributed by atoms with Crippen molar-refractivity contribution < 1.29 is 218 Å². The van der Waals surface area contributed by atoms with E-state index in [1.165, 1.54) is 109 Å². The predicted octanol–water partition coefficient (Wildman–Crippen LogP) is -3.93. The van der Waals surface area contributed by atoms with Crippen molar-refractivity contribution in [2.45, 2.75) is 491 Å². The Morgan fingerprint density at radius 1 is 0.375 bits per heavy atom. The van der Waals surface area contributed by atoms with E-state index in [1.807, 2.05) is 6.08 Å². The first-order valence-electron chi connectivity index (χ1n) is 51.4. The lowest BCUT2D eigenvalue weighted by molar-refractivity contribution is -0.394. The zero-order chi connectivity index (χ0) is 106. The van der Waals surface area contributed by atoms with Crippen LogP contribution in [0.1, 0.15) is 253 Å². The summed E-state index contributed by atoms with van der Waals surface area (Å²) in [6, 6.07) is -6.95. The number of amides is 4. The molecule has 48 heteroatoms. The standard InChI is InChI=1S/C96H168N4O44/c1-6-8-10-12-14-16-18-20-21-22-23-24-25-26-27-29-31-33-35-37-39-41-66(115)100-55(56(110)40-38-36-34-32-30-28-19-17-15-13-11-9-7-2)50-131-89-77(123)75(121)81(63(48-105)135-89)138-90-78(124)76(122)82(64(49-106)136-90)139-91-79(125)86(72(118)61(46-103)133-91)141-88-69(99-54(5)109)83(74(120)65(137-88)51-132-95(93(127)128)42-57(111)67(97-52(3)107)84(142-95)70(116)59(113)44-101)140-92-80(126)87(73(119)62(47-104)134-92)144-96(94(129)130)43-58(112)68(98-53(4)108)85(143-96)71(117)60(114)45-102/h20-21,38,40,55-65,67-92,101-106,110-114,116-126H,6-19,22-37,39,41-51H2,1-5H3,(H,97,107)(H,98,108)(H,99,109)(H,100,115)(H,127,128)(H,129,130)/b21-20-,40-38+/t55-,56+,57?,58?,59+,60+,61?,62?,63?,64?,65?,67+,68+,69?,70+,71+,72-,73-,74-,75+,76+,77?,78?,79?,80?,81+,82-,83+,84?,85?,86-,87-,88-,89+,90-,91-,92-,95+,96-/m0/s1. The van der Waals surface area contributed by atoms with Crippen molar-refractivity contribution in [3.05, 3.63) is 24.3 Å². The number of aliphatic carboxylic acids is 2. The van der Waals surface area contributed by atoms with Crippen molar-refractivity contribution in [2.24, 2.45) is 0 Å². The summed E-state index contributed by atoms with van der Waals surface area (Å²) >= 11 is 0. The number of unbranched alkanes of at least 4 members (excludes halogenated alkanes) is 28. The lowest BCUT2D eigenvalue weighted by Gasteiger charge is -2.52. The minimum absolute atomic E-state index is 0.127. The van der Waals surface area contributed by atoms with E-state index in [1.54, 1.807) is 6.08 Å². The highest BCUT2D eigenvalue weighted by molar-refractivity contribution is 5.78. The maximum absolute atomic E-state index is 13.7. The van der Waals surface area contributed by atoms with E-state index in [-0.39, 0.29) is 12.3 Å². The van der Waals surface area contributed by atoms with Crippen LogP contribution in [0.5, 0.6) is 0 Å². The molecule has 0 saturated carbocycles. The Bertz CT molecular complexity index is 3710. The monoisotopic (exact) mass is 2080 g/mol. The number of carboxylic acid groups (broad SMARTS) is 2. The Morgan fingerprint density at radius 3 is 1.15 bits per heavy atom. The maximum Gasteiger partial charge on any atom is 0.364 e. The van der Waals surface area contributed by atoms with Crippen LogP contribution in [-0.2, 0) is 95.1 Å². The van der Waals surface area contributed by atoms with Crippen LogP contribution < -0.4 is 21.3 Å². The number of carboxylic acids is 2. The predicted molar refractivity (Wildman–Crippen MR) is 500 cm³/mol. The van der Waals surface area contributed by atoms with Gasteiger partial charge in [-0.15, -0.1) is 0 Å². The lowest BCUT2D eigenvalue weighted by Crippen LogP contribution is -2.72. The van der Waals surface area contributed by atoms with Gasteiger partial charge in [-0.05, 0) is 44.9 Å². The SMILES string of the molecule is CCCCCCCC/C=C\CCCCCCCCCCCCCC(=O)N[C@@H](CO[C@@H]1OC(CO)[C@@H](O[C@@H]2OC(CO)[C@H](O[C@@H]3OC(CO)[C@H](O)[C@H](O[C@@H]4OC(CO[C@]5(C(=O)O)CC(O)[C@@H](NC(C)=O)C([C@H](O)[C@H](O)CO)O5)[C@H](O)[C@H](O[C@@H]5OC(CO)[C@H](O)[C@H](O[C@]6(C(=O)O)CC(O)[C@@H](NC(C)=O)C([C@H](O)[C@H](O)CO)O6)C5O)C4NC(C)=O)C3O)[C@H](O)C2O)[C@H](O)C1O)[C@H](O)/C=C/CCCCCCCCCCCCC. The molecule has 836 valence electrons. The fourth-order valence-corrected chi connectivity index (χ4v) is 19.0. The van der Waals surface area contributed by atoms with Crippen LogP contribution in [0.25, 0.3) is 0 Å². The van der Waals surface area contributed by atoms with Crippen LogP contribution >= 0.6 is 0 Å². The second-order valence-electron chi connectivity index (χ2n) is 38.8. The zero-order valence-corrected chi connectivity index (χ0v) is 83.3. The smallest absolute Gasteiger partial charge is 0.364 e. The minimum atomic E-state index is -3.40. The summed E-state index contributed by atoms with van der Waals surface area (Å²) in [5.74, 6) is -14.3. The maximum atomic E-state index is 13.7. The molecule has 0 radical (unpaired) electrons. The van der Waals surface area contributed by atoms with Gasteiger partial charge in [0.2, 0.25) is 23.6 Å². The molecule has 7 saturated heterocycles.